The van der Waals surface area contributed by atoms with Crippen molar-refractivity contribution < 1.29 is 4.21 Å². The van der Waals surface area contributed by atoms with Crippen LogP contribution >= 0.6 is 0 Å². The second kappa shape index (κ2) is 4.82. The molecule has 0 bridgehead atoms. The van der Waals surface area contributed by atoms with Crippen molar-refractivity contribution in [1.82, 2.24) is 5.32 Å². The van der Waals surface area contributed by atoms with Crippen LogP contribution in [0.1, 0.15) is 50.7 Å². The average molecular weight is 333 g/mol. The third kappa shape index (κ3) is 2.14. The number of anilines is 1. The van der Waals surface area contributed by atoms with E-state index in [1.54, 1.807) is 5.56 Å². The topological polar surface area (TPSA) is 41.1 Å². The van der Waals surface area contributed by atoms with Crippen LogP contribution in [-0.2, 0) is 16.2 Å². The first-order chi connectivity index (χ1) is 10.8. The van der Waals surface area contributed by atoms with E-state index in [1.807, 2.05) is 6.26 Å². The number of hydrogen-bond donors (Lipinski definition) is 2. The highest BCUT2D eigenvalue weighted by Gasteiger charge is 2.58. The van der Waals surface area contributed by atoms with E-state index in [0.717, 1.165) is 25.3 Å². The van der Waals surface area contributed by atoms with E-state index in [9.17, 15) is 4.21 Å². The van der Waals surface area contributed by atoms with Crippen molar-refractivity contribution in [2.24, 2.45) is 5.41 Å². The predicted molar refractivity (Wildman–Crippen MR) is 97.7 cm³/mol. The van der Waals surface area contributed by atoms with Gasteiger partial charge >= 0.3 is 0 Å². The highest BCUT2D eigenvalue weighted by molar-refractivity contribution is 7.84. The fourth-order valence-corrected chi connectivity index (χ4v) is 6.83. The summed E-state index contributed by atoms with van der Waals surface area (Å²) in [7, 11) is -0.756. The van der Waals surface area contributed by atoms with Crippen LogP contribution in [0.5, 0.6) is 0 Å². The molecule has 3 aliphatic rings. The zero-order chi connectivity index (χ0) is 16.5. The Morgan fingerprint density at radius 1 is 1.30 bits per heavy atom. The second-order valence-corrected chi connectivity index (χ2v) is 10.2. The van der Waals surface area contributed by atoms with E-state index in [1.165, 1.54) is 17.7 Å². The molecule has 4 rings (SSSR count). The number of rotatable bonds is 2. The van der Waals surface area contributed by atoms with Gasteiger partial charge < -0.3 is 10.6 Å². The lowest BCUT2D eigenvalue weighted by Gasteiger charge is -2.60. The van der Waals surface area contributed by atoms with Gasteiger partial charge in [-0.05, 0) is 42.4 Å². The highest BCUT2D eigenvalue weighted by atomic mass is 32.2. The van der Waals surface area contributed by atoms with Crippen molar-refractivity contribution in [2.75, 3.05) is 30.4 Å². The summed E-state index contributed by atoms with van der Waals surface area (Å²) in [6.07, 6.45) is 4.13. The van der Waals surface area contributed by atoms with Gasteiger partial charge in [-0.25, -0.2) is 0 Å². The standard InChI is InChI=1S/C19H28N2OS/c1-17(12-23(4)22)10-18(2)14-6-5-7-15-16(14)13(9-20-15)8-19(18,3)21-11-17/h5-7,13,20-21H,8-12H2,1-4H3/t13?,17-,18-,19?,23?/m1/s1. The van der Waals surface area contributed by atoms with Crippen LogP contribution < -0.4 is 10.6 Å². The molecule has 126 valence electrons. The predicted octanol–water partition coefficient (Wildman–Crippen LogP) is 2.99. The minimum Gasteiger partial charge on any atom is -0.384 e. The average Bonchev–Trinajstić information content (AvgIpc) is 2.85. The lowest BCUT2D eigenvalue weighted by atomic mass is 9.51. The molecule has 1 fully saturated rings. The van der Waals surface area contributed by atoms with E-state index < -0.39 is 10.8 Å². The second-order valence-electron chi connectivity index (χ2n) is 8.77. The summed E-state index contributed by atoms with van der Waals surface area (Å²) >= 11 is 0. The summed E-state index contributed by atoms with van der Waals surface area (Å²) < 4.78 is 11.9. The molecule has 1 aromatic carbocycles. The zero-order valence-corrected chi connectivity index (χ0v) is 15.5. The molecule has 0 aromatic heterocycles. The molecule has 3 unspecified atom stereocenters. The summed E-state index contributed by atoms with van der Waals surface area (Å²) in [5.41, 5.74) is 4.70. The fraction of sp³-hybridized carbons (Fsp3) is 0.684. The number of piperidine rings is 1. The molecule has 1 aromatic rings. The fourth-order valence-electron chi connectivity index (χ4n) is 5.64. The Bertz CT molecular complexity index is 690. The molecule has 2 N–H and O–H groups in total. The molecule has 23 heavy (non-hydrogen) atoms. The van der Waals surface area contributed by atoms with Gasteiger partial charge in [-0.1, -0.05) is 26.0 Å². The minimum absolute atomic E-state index is 0.0905. The molecule has 1 saturated heterocycles. The summed E-state index contributed by atoms with van der Waals surface area (Å²) in [5.74, 6) is 1.40. The first-order valence-electron chi connectivity index (χ1n) is 8.69. The zero-order valence-electron chi connectivity index (χ0n) is 14.7. The van der Waals surface area contributed by atoms with Gasteiger partial charge in [0, 0.05) is 58.5 Å². The van der Waals surface area contributed by atoms with Crippen molar-refractivity contribution in [1.29, 1.82) is 0 Å². The van der Waals surface area contributed by atoms with E-state index in [-0.39, 0.29) is 16.4 Å². The van der Waals surface area contributed by atoms with Gasteiger partial charge in [0.25, 0.3) is 0 Å². The maximum absolute atomic E-state index is 11.9. The molecule has 3 nitrogen and oxygen atoms in total. The summed E-state index contributed by atoms with van der Waals surface area (Å²) in [5, 5.41) is 7.50. The SMILES string of the molecule is CS(=O)C[C@@]1(C)CNC2(C)CC3CNc4cccc(c43)[C@@]2(C)C1. The molecule has 2 heterocycles. The largest absolute Gasteiger partial charge is 0.384 e. The molecule has 2 aliphatic heterocycles. The normalized spacial score (nSPS) is 42.5. The van der Waals surface area contributed by atoms with Gasteiger partial charge in [-0.15, -0.1) is 0 Å². The summed E-state index contributed by atoms with van der Waals surface area (Å²) in [6, 6.07) is 6.76. The van der Waals surface area contributed by atoms with Crippen molar-refractivity contribution in [3.05, 3.63) is 29.3 Å². The quantitative estimate of drug-likeness (QED) is 0.875. The number of hydrogen-bond acceptors (Lipinski definition) is 3. The van der Waals surface area contributed by atoms with Crippen LogP contribution in [-0.4, -0.2) is 34.8 Å². The Balaban J connectivity index is 1.83. The molecule has 5 atom stereocenters. The molecule has 4 heteroatoms. The molecular weight excluding hydrogens is 304 g/mol. The van der Waals surface area contributed by atoms with Crippen LogP contribution in [0.4, 0.5) is 5.69 Å². The Labute approximate surface area is 142 Å². The Hall–Kier alpha value is -0.870. The molecule has 0 saturated carbocycles. The van der Waals surface area contributed by atoms with Gasteiger partial charge in [0.15, 0.2) is 0 Å². The Morgan fingerprint density at radius 3 is 2.83 bits per heavy atom. The van der Waals surface area contributed by atoms with Crippen LogP contribution in [0.3, 0.4) is 0 Å². The monoisotopic (exact) mass is 332 g/mol. The van der Waals surface area contributed by atoms with Gasteiger partial charge in [0.05, 0.1) is 0 Å². The molecule has 0 radical (unpaired) electrons. The van der Waals surface area contributed by atoms with Crippen LogP contribution in [0.25, 0.3) is 0 Å². The molecular formula is C19H28N2OS. The van der Waals surface area contributed by atoms with Gasteiger partial charge in [-0.3, -0.25) is 4.21 Å². The van der Waals surface area contributed by atoms with Crippen LogP contribution in [0.2, 0.25) is 0 Å². The number of fused-ring (bicyclic) bond motifs is 2. The Kier molecular flexibility index (Phi) is 3.28. The highest BCUT2D eigenvalue weighted by Crippen LogP contribution is 2.58. The first-order valence-corrected chi connectivity index (χ1v) is 10.4. The van der Waals surface area contributed by atoms with Crippen molar-refractivity contribution >= 4 is 16.5 Å². The maximum atomic E-state index is 11.9. The number of nitrogens with one attached hydrogen (secondary N) is 2. The molecule has 0 amide bonds. The third-order valence-corrected chi connectivity index (χ3v) is 7.86. The first kappa shape index (κ1) is 15.6. The number of benzene rings is 1. The van der Waals surface area contributed by atoms with Crippen LogP contribution in [0, 0.1) is 5.41 Å². The lowest BCUT2D eigenvalue weighted by Crippen LogP contribution is -2.68. The van der Waals surface area contributed by atoms with Gasteiger partial charge in [0.2, 0.25) is 0 Å². The minimum atomic E-state index is -0.756. The summed E-state index contributed by atoms with van der Waals surface area (Å²) in [6.45, 7) is 9.17. The summed E-state index contributed by atoms with van der Waals surface area (Å²) in [4.78, 5) is 0. The van der Waals surface area contributed by atoms with Gasteiger partial charge in [-0.2, -0.15) is 0 Å². The van der Waals surface area contributed by atoms with E-state index in [4.69, 9.17) is 0 Å². The Morgan fingerprint density at radius 2 is 2.09 bits per heavy atom. The van der Waals surface area contributed by atoms with E-state index in [0.29, 0.717) is 5.92 Å². The molecule has 0 spiro atoms. The third-order valence-electron chi connectivity index (χ3n) is 6.76. The van der Waals surface area contributed by atoms with Crippen molar-refractivity contribution in [3.8, 4) is 0 Å². The maximum Gasteiger partial charge on any atom is 0.0379 e. The lowest BCUT2D eigenvalue weighted by molar-refractivity contribution is 0.0476. The smallest absolute Gasteiger partial charge is 0.0379 e. The van der Waals surface area contributed by atoms with Crippen molar-refractivity contribution in [2.45, 2.75) is 50.5 Å². The van der Waals surface area contributed by atoms with E-state index in [2.05, 4.69) is 49.6 Å². The molecule has 1 aliphatic carbocycles. The van der Waals surface area contributed by atoms with Crippen molar-refractivity contribution in [3.63, 3.8) is 0 Å². The van der Waals surface area contributed by atoms with E-state index >= 15 is 0 Å². The van der Waals surface area contributed by atoms with Crippen LogP contribution in [0.15, 0.2) is 18.2 Å². The van der Waals surface area contributed by atoms with Gasteiger partial charge in [0.1, 0.15) is 0 Å².